The molecule has 1 aliphatic heterocycles. The number of carboxylic acids is 1. The Kier molecular flexibility index (Phi) is 4.32. The Hall–Kier alpha value is -1.00. The molecule has 3 unspecified atom stereocenters. The van der Waals surface area contributed by atoms with Crippen LogP contribution in [0.1, 0.15) is 19.3 Å². The summed E-state index contributed by atoms with van der Waals surface area (Å²) in [6, 6.07) is 10.1. The fourth-order valence-corrected chi connectivity index (χ4v) is 4.67. The zero-order valence-electron chi connectivity index (χ0n) is 11.6. The minimum atomic E-state index is -0.621. The first-order valence-electron chi connectivity index (χ1n) is 7.40. The second-order valence-electron chi connectivity index (χ2n) is 5.79. The lowest BCUT2D eigenvalue weighted by atomic mass is 9.94. The van der Waals surface area contributed by atoms with Crippen LogP contribution in [0.15, 0.2) is 35.2 Å². The molecular weight excluding hydrogens is 270 g/mol. The molecule has 3 rings (SSSR count). The summed E-state index contributed by atoms with van der Waals surface area (Å²) in [5.74, 6) is 1.36. The van der Waals surface area contributed by atoms with Crippen molar-refractivity contribution in [3.8, 4) is 0 Å². The lowest BCUT2D eigenvalue weighted by Crippen LogP contribution is -2.40. The molecule has 1 heterocycles. The summed E-state index contributed by atoms with van der Waals surface area (Å²) in [6.45, 7) is 1.86. The van der Waals surface area contributed by atoms with Gasteiger partial charge >= 0.3 is 5.97 Å². The SMILES string of the molecule is O=C(O)C1C2CCCC2CN1CCSc1ccccc1. The lowest BCUT2D eigenvalue weighted by molar-refractivity contribution is -0.143. The van der Waals surface area contributed by atoms with Gasteiger partial charge in [0.25, 0.3) is 0 Å². The summed E-state index contributed by atoms with van der Waals surface area (Å²) in [7, 11) is 0. The molecule has 1 saturated heterocycles. The second-order valence-corrected chi connectivity index (χ2v) is 6.96. The van der Waals surface area contributed by atoms with Crippen LogP contribution in [0.4, 0.5) is 0 Å². The Morgan fingerprint density at radius 1 is 1.30 bits per heavy atom. The fourth-order valence-electron chi connectivity index (χ4n) is 3.76. The van der Waals surface area contributed by atoms with E-state index in [2.05, 4.69) is 17.0 Å². The van der Waals surface area contributed by atoms with Crippen molar-refractivity contribution in [2.75, 3.05) is 18.8 Å². The standard InChI is InChI=1S/C16H21NO2S/c18-16(19)15-14-8-4-5-12(14)11-17(15)9-10-20-13-6-2-1-3-7-13/h1-3,6-7,12,14-15H,4-5,8-11H2,(H,18,19). The predicted molar refractivity (Wildman–Crippen MR) is 81.0 cm³/mol. The van der Waals surface area contributed by atoms with E-state index in [-0.39, 0.29) is 6.04 Å². The van der Waals surface area contributed by atoms with Crippen molar-refractivity contribution in [1.29, 1.82) is 0 Å². The number of likely N-dealkylation sites (tertiary alicyclic amines) is 1. The van der Waals surface area contributed by atoms with Gasteiger partial charge in [0, 0.05) is 23.7 Å². The molecule has 0 amide bonds. The van der Waals surface area contributed by atoms with E-state index in [9.17, 15) is 9.90 Å². The van der Waals surface area contributed by atoms with E-state index >= 15 is 0 Å². The van der Waals surface area contributed by atoms with E-state index in [0.29, 0.717) is 11.8 Å². The first-order chi connectivity index (χ1) is 9.75. The summed E-state index contributed by atoms with van der Waals surface area (Å²) < 4.78 is 0. The van der Waals surface area contributed by atoms with Crippen molar-refractivity contribution in [3.63, 3.8) is 0 Å². The highest BCUT2D eigenvalue weighted by atomic mass is 32.2. The number of fused-ring (bicyclic) bond motifs is 1. The summed E-state index contributed by atoms with van der Waals surface area (Å²) >= 11 is 1.81. The van der Waals surface area contributed by atoms with Crippen LogP contribution in [0.3, 0.4) is 0 Å². The Balaban J connectivity index is 1.55. The molecule has 0 spiro atoms. The van der Waals surface area contributed by atoms with Gasteiger partial charge in [-0.05, 0) is 36.8 Å². The van der Waals surface area contributed by atoms with Crippen LogP contribution < -0.4 is 0 Å². The first-order valence-corrected chi connectivity index (χ1v) is 8.39. The van der Waals surface area contributed by atoms with E-state index in [4.69, 9.17) is 0 Å². The highest BCUT2D eigenvalue weighted by Crippen LogP contribution is 2.42. The Morgan fingerprint density at radius 2 is 2.10 bits per heavy atom. The number of aliphatic carboxylic acids is 1. The van der Waals surface area contributed by atoms with Gasteiger partial charge in [0.1, 0.15) is 6.04 Å². The lowest BCUT2D eigenvalue weighted by Gasteiger charge is -2.23. The van der Waals surface area contributed by atoms with E-state index in [1.165, 1.54) is 17.7 Å². The maximum Gasteiger partial charge on any atom is 0.321 e. The van der Waals surface area contributed by atoms with Crippen LogP contribution in [-0.2, 0) is 4.79 Å². The topological polar surface area (TPSA) is 40.5 Å². The van der Waals surface area contributed by atoms with Crippen LogP contribution in [0, 0.1) is 11.8 Å². The van der Waals surface area contributed by atoms with Gasteiger partial charge in [0.2, 0.25) is 0 Å². The van der Waals surface area contributed by atoms with Crippen LogP contribution in [-0.4, -0.2) is 40.9 Å². The third-order valence-corrected chi connectivity index (χ3v) is 5.62. The third kappa shape index (κ3) is 2.86. The summed E-state index contributed by atoms with van der Waals surface area (Å²) in [5.41, 5.74) is 0. The number of hydrogen-bond acceptors (Lipinski definition) is 3. The van der Waals surface area contributed by atoms with E-state index in [0.717, 1.165) is 25.3 Å². The van der Waals surface area contributed by atoms with Gasteiger partial charge in [-0.15, -0.1) is 11.8 Å². The van der Waals surface area contributed by atoms with Gasteiger partial charge < -0.3 is 5.11 Å². The van der Waals surface area contributed by atoms with Gasteiger partial charge in [-0.1, -0.05) is 24.6 Å². The van der Waals surface area contributed by atoms with Crippen LogP contribution in [0.25, 0.3) is 0 Å². The largest absolute Gasteiger partial charge is 0.480 e. The zero-order chi connectivity index (χ0) is 13.9. The molecule has 2 fully saturated rings. The highest BCUT2D eigenvalue weighted by molar-refractivity contribution is 7.99. The van der Waals surface area contributed by atoms with Gasteiger partial charge in [0.05, 0.1) is 0 Å². The number of carboxylic acid groups (broad SMARTS) is 1. The summed E-state index contributed by atoms with van der Waals surface area (Å²) in [4.78, 5) is 15.0. The minimum absolute atomic E-state index is 0.237. The summed E-state index contributed by atoms with van der Waals surface area (Å²) in [6.07, 6.45) is 3.53. The number of thioether (sulfide) groups is 1. The highest BCUT2D eigenvalue weighted by Gasteiger charge is 2.47. The molecule has 3 nitrogen and oxygen atoms in total. The molecule has 2 aliphatic rings. The molecule has 4 heteroatoms. The van der Waals surface area contributed by atoms with Crippen LogP contribution >= 0.6 is 11.8 Å². The molecule has 20 heavy (non-hydrogen) atoms. The van der Waals surface area contributed by atoms with Crippen molar-refractivity contribution in [2.24, 2.45) is 11.8 Å². The van der Waals surface area contributed by atoms with Gasteiger partial charge in [-0.25, -0.2) is 0 Å². The average Bonchev–Trinajstić information content (AvgIpc) is 2.99. The Bertz CT molecular complexity index is 465. The van der Waals surface area contributed by atoms with Gasteiger partial charge in [0.15, 0.2) is 0 Å². The number of nitrogens with zero attached hydrogens (tertiary/aromatic N) is 1. The van der Waals surface area contributed by atoms with E-state index in [1.54, 1.807) is 0 Å². The number of benzene rings is 1. The Morgan fingerprint density at radius 3 is 2.85 bits per heavy atom. The molecule has 1 aliphatic carbocycles. The van der Waals surface area contributed by atoms with Crippen molar-refractivity contribution in [1.82, 2.24) is 4.90 Å². The maximum atomic E-state index is 11.5. The Labute approximate surface area is 124 Å². The number of hydrogen-bond donors (Lipinski definition) is 1. The molecule has 108 valence electrons. The molecule has 1 aromatic rings. The van der Waals surface area contributed by atoms with Crippen molar-refractivity contribution < 1.29 is 9.90 Å². The smallest absolute Gasteiger partial charge is 0.321 e. The minimum Gasteiger partial charge on any atom is -0.480 e. The normalized spacial score (nSPS) is 29.5. The quantitative estimate of drug-likeness (QED) is 0.847. The monoisotopic (exact) mass is 291 g/mol. The molecule has 1 saturated carbocycles. The van der Waals surface area contributed by atoms with Crippen molar-refractivity contribution >= 4 is 17.7 Å². The average molecular weight is 291 g/mol. The van der Waals surface area contributed by atoms with Crippen molar-refractivity contribution in [2.45, 2.75) is 30.2 Å². The molecule has 0 radical (unpaired) electrons. The van der Waals surface area contributed by atoms with E-state index in [1.807, 2.05) is 30.0 Å². The number of rotatable bonds is 5. The van der Waals surface area contributed by atoms with Gasteiger partial charge in [-0.2, -0.15) is 0 Å². The first kappa shape index (κ1) is 14.0. The molecule has 1 aromatic carbocycles. The molecule has 3 atom stereocenters. The molecular formula is C16H21NO2S. The number of carbonyl (C=O) groups is 1. The second kappa shape index (κ2) is 6.19. The third-order valence-electron chi connectivity index (χ3n) is 4.63. The van der Waals surface area contributed by atoms with Gasteiger partial charge in [-0.3, -0.25) is 9.69 Å². The zero-order valence-corrected chi connectivity index (χ0v) is 12.4. The van der Waals surface area contributed by atoms with Crippen LogP contribution in [0.2, 0.25) is 0 Å². The van der Waals surface area contributed by atoms with E-state index < -0.39 is 5.97 Å². The molecule has 0 aromatic heterocycles. The van der Waals surface area contributed by atoms with Crippen LogP contribution in [0.5, 0.6) is 0 Å². The summed E-state index contributed by atoms with van der Waals surface area (Å²) in [5, 5.41) is 9.50. The predicted octanol–water partition coefficient (Wildman–Crippen LogP) is 2.96. The van der Waals surface area contributed by atoms with Crippen molar-refractivity contribution in [3.05, 3.63) is 30.3 Å². The fraction of sp³-hybridized carbons (Fsp3) is 0.562. The molecule has 0 bridgehead atoms. The maximum absolute atomic E-state index is 11.5. The molecule has 1 N–H and O–H groups in total.